The number of piperazine rings is 1. The predicted molar refractivity (Wildman–Crippen MR) is 88.7 cm³/mol. The Hall–Kier alpha value is -0.580. The number of rotatable bonds is 2. The van der Waals surface area contributed by atoms with Crippen molar-refractivity contribution in [3.63, 3.8) is 0 Å². The van der Waals surface area contributed by atoms with E-state index >= 15 is 0 Å². The van der Waals surface area contributed by atoms with Gasteiger partial charge in [-0.1, -0.05) is 6.07 Å². The van der Waals surface area contributed by atoms with Gasteiger partial charge in [0.2, 0.25) is 0 Å². The van der Waals surface area contributed by atoms with Crippen molar-refractivity contribution in [2.75, 3.05) is 51.2 Å². The van der Waals surface area contributed by atoms with Crippen molar-refractivity contribution in [1.82, 2.24) is 10.2 Å². The fraction of sp³-hybridized carbons (Fsp3) is 0.625. The second-order valence-electron chi connectivity index (χ2n) is 6.04. The molecule has 1 N–H and O–H groups in total. The van der Waals surface area contributed by atoms with Gasteiger partial charge in [0.15, 0.2) is 0 Å². The number of benzene rings is 1. The maximum Gasteiger partial charge on any atom is 0.0511 e. The number of halogens is 1. The van der Waals surface area contributed by atoms with E-state index in [0.29, 0.717) is 5.92 Å². The third-order valence-electron chi connectivity index (χ3n) is 4.58. The van der Waals surface area contributed by atoms with E-state index in [1.807, 2.05) is 0 Å². The number of anilines is 1. The van der Waals surface area contributed by atoms with Gasteiger partial charge >= 0.3 is 0 Å². The lowest BCUT2D eigenvalue weighted by molar-refractivity contribution is 0.312. The minimum atomic E-state index is 0.682. The summed E-state index contributed by atoms with van der Waals surface area (Å²) in [5.41, 5.74) is 2.83. The summed E-state index contributed by atoms with van der Waals surface area (Å²) in [6.07, 6.45) is 2.61. The van der Waals surface area contributed by atoms with Crippen LogP contribution in [0.3, 0.4) is 0 Å². The van der Waals surface area contributed by atoms with Gasteiger partial charge in [-0.2, -0.15) is 0 Å². The average molecular weight is 338 g/mol. The molecule has 0 amide bonds. The van der Waals surface area contributed by atoms with Gasteiger partial charge in [0.1, 0.15) is 0 Å². The SMILES string of the molecule is CN1CCN(c2ccc(C3CCCNC3)cc2Br)CC1. The lowest BCUT2D eigenvalue weighted by Crippen LogP contribution is -2.44. The summed E-state index contributed by atoms with van der Waals surface area (Å²) in [4.78, 5) is 4.89. The molecule has 0 saturated carbocycles. The highest BCUT2D eigenvalue weighted by atomic mass is 79.9. The minimum Gasteiger partial charge on any atom is -0.368 e. The van der Waals surface area contributed by atoms with Crippen molar-refractivity contribution in [2.45, 2.75) is 18.8 Å². The molecule has 0 spiro atoms. The van der Waals surface area contributed by atoms with Gasteiger partial charge in [0.25, 0.3) is 0 Å². The highest BCUT2D eigenvalue weighted by molar-refractivity contribution is 9.10. The number of piperidine rings is 1. The zero-order valence-electron chi connectivity index (χ0n) is 12.2. The van der Waals surface area contributed by atoms with E-state index in [1.165, 1.54) is 35.1 Å². The molecular formula is C16H24BrN3. The number of likely N-dealkylation sites (N-methyl/N-ethyl adjacent to an activating group) is 1. The van der Waals surface area contributed by atoms with Crippen LogP contribution in [0.25, 0.3) is 0 Å². The molecule has 20 heavy (non-hydrogen) atoms. The second kappa shape index (κ2) is 6.46. The van der Waals surface area contributed by atoms with Crippen LogP contribution in [0.15, 0.2) is 22.7 Å². The third-order valence-corrected chi connectivity index (χ3v) is 5.22. The summed E-state index contributed by atoms with van der Waals surface area (Å²) in [5, 5.41) is 3.50. The lowest BCUT2D eigenvalue weighted by Gasteiger charge is -2.35. The average Bonchev–Trinajstić information content (AvgIpc) is 2.49. The zero-order chi connectivity index (χ0) is 13.9. The fourth-order valence-corrected chi connectivity index (χ4v) is 3.86. The monoisotopic (exact) mass is 337 g/mol. The van der Waals surface area contributed by atoms with Crippen LogP contribution >= 0.6 is 15.9 Å². The molecule has 4 heteroatoms. The molecule has 2 aliphatic heterocycles. The number of hydrogen-bond donors (Lipinski definition) is 1. The number of nitrogens with one attached hydrogen (secondary N) is 1. The topological polar surface area (TPSA) is 18.5 Å². The summed E-state index contributed by atoms with van der Waals surface area (Å²) in [5.74, 6) is 0.682. The zero-order valence-corrected chi connectivity index (χ0v) is 13.8. The molecule has 2 saturated heterocycles. The van der Waals surface area contributed by atoms with Crippen molar-refractivity contribution < 1.29 is 0 Å². The van der Waals surface area contributed by atoms with E-state index in [-0.39, 0.29) is 0 Å². The third kappa shape index (κ3) is 3.18. The Kier molecular flexibility index (Phi) is 4.64. The first kappa shape index (κ1) is 14.4. The molecule has 110 valence electrons. The summed E-state index contributed by atoms with van der Waals surface area (Å²) >= 11 is 3.79. The van der Waals surface area contributed by atoms with Crippen LogP contribution in [0.5, 0.6) is 0 Å². The molecule has 3 rings (SSSR count). The molecule has 0 aromatic heterocycles. The standard InChI is InChI=1S/C16H24BrN3/c1-19-7-9-20(10-8-19)16-5-4-13(11-15(16)17)14-3-2-6-18-12-14/h4-5,11,14,18H,2-3,6-10,12H2,1H3. The van der Waals surface area contributed by atoms with E-state index in [2.05, 4.69) is 56.3 Å². The summed E-state index contributed by atoms with van der Waals surface area (Å²) in [6, 6.07) is 6.97. The fourth-order valence-electron chi connectivity index (χ4n) is 3.22. The van der Waals surface area contributed by atoms with Crippen LogP contribution in [0.4, 0.5) is 5.69 Å². The van der Waals surface area contributed by atoms with Crippen LogP contribution in [0, 0.1) is 0 Å². The maximum absolute atomic E-state index is 3.79. The molecule has 2 aliphatic rings. The largest absolute Gasteiger partial charge is 0.368 e. The van der Waals surface area contributed by atoms with Crippen molar-refractivity contribution in [1.29, 1.82) is 0 Å². The Morgan fingerprint density at radius 3 is 2.65 bits per heavy atom. The normalized spacial score (nSPS) is 24.9. The maximum atomic E-state index is 3.79. The molecule has 1 aromatic rings. The van der Waals surface area contributed by atoms with Crippen LogP contribution in [-0.2, 0) is 0 Å². The highest BCUT2D eigenvalue weighted by Crippen LogP contribution is 2.32. The van der Waals surface area contributed by atoms with Crippen molar-refractivity contribution in [3.8, 4) is 0 Å². The molecule has 2 fully saturated rings. The Morgan fingerprint density at radius 1 is 1.20 bits per heavy atom. The minimum absolute atomic E-state index is 0.682. The molecule has 2 heterocycles. The highest BCUT2D eigenvalue weighted by Gasteiger charge is 2.19. The van der Waals surface area contributed by atoms with Gasteiger partial charge in [-0.15, -0.1) is 0 Å². The Labute approximate surface area is 130 Å². The van der Waals surface area contributed by atoms with Gasteiger partial charge in [-0.05, 0) is 66.0 Å². The van der Waals surface area contributed by atoms with Crippen molar-refractivity contribution in [2.24, 2.45) is 0 Å². The Balaban J connectivity index is 1.73. The van der Waals surface area contributed by atoms with Gasteiger partial charge in [0.05, 0.1) is 5.69 Å². The predicted octanol–water partition coefficient (Wildman–Crippen LogP) is 2.67. The van der Waals surface area contributed by atoms with Gasteiger partial charge in [0, 0.05) is 37.2 Å². The van der Waals surface area contributed by atoms with E-state index in [0.717, 1.165) is 32.7 Å². The molecular weight excluding hydrogens is 314 g/mol. The summed E-state index contributed by atoms with van der Waals surface area (Å²) in [6.45, 7) is 6.86. The lowest BCUT2D eigenvalue weighted by atomic mass is 9.91. The Morgan fingerprint density at radius 2 is 2.00 bits per heavy atom. The first-order valence-corrected chi connectivity index (χ1v) is 8.47. The molecule has 1 atom stereocenters. The van der Waals surface area contributed by atoms with Crippen LogP contribution in [0.2, 0.25) is 0 Å². The van der Waals surface area contributed by atoms with Crippen LogP contribution in [0.1, 0.15) is 24.3 Å². The Bertz CT molecular complexity index is 449. The van der Waals surface area contributed by atoms with Gasteiger partial charge in [-0.25, -0.2) is 0 Å². The van der Waals surface area contributed by atoms with E-state index in [4.69, 9.17) is 0 Å². The molecule has 3 nitrogen and oxygen atoms in total. The number of hydrogen-bond acceptors (Lipinski definition) is 3. The quantitative estimate of drug-likeness (QED) is 0.895. The van der Waals surface area contributed by atoms with Gasteiger partial charge in [-0.3, -0.25) is 0 Å². The van der Waals surface area contributed by atoms with Crippen LogP contribution < -0.4 is 10.2 Å². The van der Waals surface area contributed by atoms with Crippen LogP contribution in [-0.4, -0.2) is 51.2 Å². The smallest absolute Gasteiger partial charge is 0.0511 e. The molecule has 1 unspecified atom stereocenters. The first-order valence-electron chi connectivity index (χ1n) is 7.68. The molecule has 0 radical (unpaired) electrons. The summed E-state index contributed by atoms with van der Waals surface area (Å²) in [7, 11) is 2.20. The number of nitrogens with zero attached hydrogens (tertiary/aromatic N) is 2. The summed E-state index contributed by atoms with van der Waals surface area (Å²) < 4.78 is 1.25. The van der Waals surface area contributed by atoms with Crippen molar-refractivity contribution >= 4 is 21.6 Å². The molecule has 0 aliphatic carbocycles. The molecule has 0 bridgehead atoms. The van der Waals surface area contributed by atoms with Gasteiger partial charge < -0.3 is 15.1 Å². The first-order chi connectivity index (χ1) is 9.74. The molecule has 1 aromatic carbocycles. The van der Waals surface area contributed by atoms with E-state index in [1.54, 1.807) is 0 Å². The van der Waals surface area contributed by atoms with Crippen molar-refractivity contribution in [3.05, 3.63) is 28.2 Å². The second-order valence-corrected chi connectivity index (χ2v) is 6.90. The van der Waals surface area contributed by atoms with E-state index in [9.17, 15) is 0 Å². The van der Waals surface area contributed by atoms with E-state index < -0.39 is 0 Å².